The van der Waals surface area contributed by atoms with Gasteiger partial charge in [-0.2, -0.15) is 0 Å². The van der Waals surface area contributed by atoms with Gasteiger partial charge in [0.2, 0.25) is 0 Å². The van der Waals surface area contributed by atoms with E-state index < -0.39 is 23.5 Å². The maximum Gasteiger partial charge on any atom is 0.323 e. The first-order valence-corrected chi connectivity index (χ1v) is 5.88. The minimum atomic E-state index is -1.24. The molecule has 2 N–H and O–H groups in total. The minimum Gasteiger partial charge on any atom is -0.480 e. The molecule has 21 heavy (non-hydrogen) atoms. The summed E-state index contributed by atoms with van der Waals surface area (Å²) in [6.45, 7) is -0.840. The summed E-state index contributed by atoms with van der Waals surface area (Å²) in [6, 6.07) is 2.67. The van der Waals surface area contributed by atoms with Gasteiger partial charge in [-0.25, -0.2) is 4.79 Å². The van der Waals surface area contributed by atoms with Crippen molar-refractivity contribution in [2.75, 3.05) is 18.4 Å². The van der Waals surface area contributed by atoms with E-state index in [1.165, 1.54) is 12.1 Å². The molecule has 1 rings (SSSR count). The highest BCUT2D eigenvalue weighted by molar-refractivity contribution is 6.33. The fraction of sp³-hybridized carbons (Fsp3) is 0.167. The number of hydrogen-bond donors (Lipinski definition) is 2. The molecule has 2 amide bonds. The number of nitrogens with zero attached hydrogens (tertiary/aromatic N) is 2. The standard InChI is InChI=1S/C12H10ClN3O5/c1-2-5-15(7-11(17)18)12(19)14-10-6-8(16(20)21)3-4-9(10)13/h1,3-4,6H,5,7H2,(H,14,19)(H,17,18). The van der Waals surface area contributed by atoms with Gasteiger partial charge >= 0.3 is 12.0 Å². The van der Waals surface area contributed by atoms with Crippen LogP contribution >= 0.6 is 11.6 Å². The third-order valence-electron chi connectivity index (χ3n) is 2.30. The number of hydrogen-bond acceptors (Lipinski definition) is 4. The normalized spacial score (nSPS) is 9.52. The summed E-state index contributed by atoms with van der Waals surface area (Å²) in [5.41, 5.74) is -0.278. The van der Waals surface area contributed by atoms with E-state index in [1.54, 1.807) is 0 Å². The van der Waals surface area contributed by atoms with Crippen molar-refractivity contribution < 1.29 is 19.6 Å². The Hall–Kier alpha value is -2.79. The summed E-state index contributed by atoms with van der Waals surface area (Å²) >= 11 is 5.82. The Morgan fingerprint density at radius 1 is 1.52 bits per heavy atom. The van der Waals surface area contributed by atoms with Gasteiger partial charge in [-0.1, -0.05) is 17.5 Å². The van der Waals surface area contributed by atoms with E-state index in [4.69, 9.17) is 23.1 Å². The number of benzene rings is 1. The van der Waals surface area contributed by atoms with Crippen LogP contribution in [0.5, 0.6) is 0 Å². The second-order valence-corrected chi connectivity index (χ2v) is 4.21. The number of urea groups is 1. The first-order chi connectivity index (χ1) is 9.85. The number of carbonyl (C=O) groups is 2. The SMILES string of the molecule is C#CCN(CC(=O)O)C(=O)Nc1cc([N+](=O)[O-])ccc1Cl. The summed E-state index contributed by atoms with van der Waals surface area (Å²) in [4.78, 5) is 33.4. The van der Waals surface area contributed by atoms with Gasteiger partial charge in [0.1, 0.15) is 6.54 Å². The summed E-state index contributed by atoms with van der Waals surface area (Å²) in [6.07, 6.45) is 5.05. The molecule has 0 saturated carbocycles. The molecule has 0 saturated heterocycles. The number of amides is 2. The van der Waals surface area contributed by atoms with E-state index in [-0.39, 0.29) is 22.9 Å². The highest BCUT2D eigenvalue weighted by atomic mass is 35.5. The lowest BCUT2D eigenvalue weighted by Crippen LogP contribution is -2.39. The molecule has 0 bridgehead atoms. The molecule has 8 nitrogen and oxygen atoms in total. The second kappa shape index (κ2) is 7.12. The highest BCUT2D eigenvalue weighted by Crippen LogP contribution is 2.26. The monoisotopic (exact) mass is 311 g/mol. The van der Waals surface area contributed by atoms with Gasteiger partial charge in [0, 0.05) is 12.1 Å². The zero-order chi connectivity index (χ0) is 16.0. The Morgan fingerprint density at radius 3 is 2.71 bits per heavy atom. The first kappa shape index (κ1) is 16.3. The van der Waals surface area contributed by atoms with Crippen molar-refractivity contribution in [2.45, 2.75) is 0 Å². The summed E-state index contributed by atoms with van der Waals surface area (Å²) in [5, 5.41) is 21.7. The quantitative estimate of drug-likeness (QED) is 0.489. The predicted octanol–water partition coefficient (Wildman–Crippen LogP) is 1.80. The van der Waals surface area contributed by atoms with Gasteiger partial charge in [-0.3, -0.25) is 14.9 Å². The van der Waals surface area contributed by atoms with Gasteiger partial charge in [0.25, 0.3) is 5.69 Å². The zero-order valence-electron chi connectivity index (χ0n) is 10.6. The topological polar surface area (TPSA) is 113 Å². The molecule has 0 aliphatic heterocycles. The number of anilines is 1. The van der Waals surface area contributed by atoms with E-state index in [2.05, 4.69) is 11.2 Å². The number of aliphatic carboxylic acids is 1. The van der Waals surface area contributed by atoms with E-state index in [1.807, 2.05) is 0 Å². The van der Waals surface area contributed by atoms with Crippen molar-refractivity contribution in [1.82, 2.24) is 4.90 Å². The van der Waals surface area contributed by atoms with E-state index >= 15 is 0 Å². The van der Waals surface area contributed by atoms with Gasteiger partial charge in [-0.05, 0) is 6.07 Å². The highest BCUT2D eigenvalue weighted by Gasteiger charge is 2.18. The Balaban J connectivity index is 2.95. The molecule has 0 radical (unpaired) electrons. The van der Waals surface area contributed by atoms with Crippen LogP contribution in [0.2, 0.25) is 5.02 Å². The van der Waals surface area contributed by atoms with Crippen LogP contribution < -0.4 is 5.32 Å². The van der Waals surface area contributed by atoms with Crippen molar-refractivity contribution >= 4 is 35.0 Å². The third kappa shape index (κ3) is 4.67. The number of nitrogens with one attached hydrogen (secondary N) is 1. The summed E-state index contributed by atoms with van der Waals surface area (Å²) < 4.78 is 0. The number of nitro benzene ring substituents is 1. The molecule has 0 unspecified atom stereocenters. The lowest BCUT2D eigenvalue weighted by Gasteiger charge is -2.18. The lowest BCUT2D eigenvalue weighted by molar-refractivity contribution is -0.384. The number of carbonyl (C=O) groups excluding carboxylic acids is 1. The van der Waals surface area contributed by atoms with Gasteiger partial charge in [0.05, 0.1) is 22.2 Å². The molecular formula is C12H10ClN3O5. The zero-order valence-corrected chi connectivity index (χ0v) is 11.3. The molecule has 0 atom stereocenters. The molecule has 0 aliphatic rings. The molecule has 110 valence electrons. The fourth-order valence-electron chi connectivity index (χ4n) is 1.39. The lowest BCUT2D eigenvalue weighted by atomic mass is 10.3. The number of halogens is 1. The number of carboxylic acids is 1. The van der Waals surface area contributed by atoms with E-state index in [0.717, 1.165) is 11.0 Å². The average molecular weight is 312 g/mol. The van der Waals surface area contributed by atoms with Crippen LogP contribution in [0, 0.1) is 22.5 Å². The van der Waals surface area contributed by atoms with Crippen LogP contribution in [-0.2, 0) is 4.79 Å². The maximum absolute atomic E-state index is 11.9. The molecule has 9 heteroatoms. The Labute approximate surface area is 124 Å². The van der Waals surface area contributed by atoms with E-state index in [0.29, 0.717) is 0 Å². The summed E-state index contributed by atoms with van der Waals surface area (Å²) in [5.74, 6) is 0.900. The molecule has 0 fully saturated rings. The van der Waals surface area contributed by atoms with Gasteiger partial charge in [-0.15, -0.1) is 6.42 Å². The van der Waals surface area contributed by atoms with Crippen LogP contribution in [0.4, 0.5) is 16.2 Å². The number of carboxylic acid groups (broad SMARTS) is 1. The van der Waals surface area contributed by atoms with Gasteiger partial charge in [0.15, 0.2) is 0 Å². The van der Waals surface area contributed by atoms with Crippen LogP contribution in [0.1, 0.15) is 0 Å². The van der Waals surface area contributed by atoms with Crippen LogP contribution in [-0.4, -0.2) is 40.0 Å². The van der Waals surface area contributed by atoms with Crippen molar-refractivity contribution in [3.05, 3.63) is 33.3 Å². The number of rotatable bonds is 5. The van der Waals surface area contributed by atoms with Crippen LogP contribution in [0.3, 0.4) is 0 Å². The Bertz CT molecular complexity index is 626. The number of non-ortho nitro benzene ring substituents is 1. The fourth-order valence-corrected chi connectivity index (χ4v) is 1.55. The molecule has 1 aromatic carbocycles. The molecular weight excluding hydrogens is 302 g/mol. The molecule has 0 aromatic heterocycles. The van der Waals surface area contributed by atoms with Crippen molar-refractivity contribution in [2.24, 2.45) is 0 Å². The number of terminal acetylenes is 1. The first-order valence-electron chi connectivity index (χ1n) is 5.50. The Morgan fingerprint density at radius 2 is 2.19 bits per heavy atom. The van der Waals surface area contributed by atoms with Crippen molar-refractivity contribution in [3.63, 3.8) is 0 Å². The smallest absolute Gasteiger partial charge is 0.323 e. The molecule has 0 spiro atoms. The van der Waals surface area contributed by atoms with E-state index in [9.17, 15) is 19.7 Å². The van der Waals surface area contributed by atoms with Crippen LogP contribution in [0.15, 0.2) is 18.2 Å². The predicted molar refractivity (Wildman–Crippen MR) is 75.2 cm³/mol. The maximum atomic E-state index is 11.9. The second-order valence-electron chi connectivity index (χ2n) is 3.81. The van der Waals surface area contributed by atoms with Crippen LogP contribution in [0.25, 0.3) is 0 Å². The van der Waals surface area contributed by atoms with Gasteiger partial charge < -0.3 is 15.3 Å². The molecule has 0 heterocycles. The van der Waals surface area contributed by atoms with Crippen molar-refractivity contribution in [1.29, 1.82) is 0 Å². The molecule has 1 aromatic rings. The third-order valence-corrected chi connectivity index (χ3v) is 2.63. The Kier molecular flexibility index (Phi) is 5.51. The van der Waals surface area contributed by atoms with Crippen molar-refractivity contribution in [3.8, 4) is 12.3 Å². The summed E-state index contributed by atoms with van der Waals surface area (Å²) in [7, 11) is 0. The largest absolute Gasteiger partial charge is 0.480 e. The average Bonchev–Trinajstić information content (AvgIpc) is 2.40. The molecule has 0 aliphatic carbocycles. The minimum absolute atomic E-state index is 0.0109. The number of nitro groups is 1.